The van der Waals surface area contributed by atoms with Gasteiger partial charge in [0.15, 0.2) is 12.5 Å². The van der Waals surface area contributed by atoms with Gasteiger partial charge in [0.1, 0.15) is 0 Å². The Bertz CT molecular complexity index is 229. The van der Waals surface area contributed by atoms with Gasteiger partial charge in [-0.25, -0.2) is 0 Å². The molecule has 0 aliphatic rings. The van der Waals surface area contributed by atoms with Crippen molar-refractivity contribution in [3.05, 3.63) is 22.0 Å². The molecule has 1 heterocycles. The second-order valence-corrected chi connectivity index (χ2v) is 3.02. The van der Waals surface area contributed by atoms with Gasteiger partial charge in [0, 0.05) is 13.3 Å². The van der Waals surface area contributed by atoms with Crippen LogP contribution in [0.2, 0.25) is 0 Å². The van der Waals surface area contributed by atoms with Crippen molar-refractivity contribution in [2.45, 2.75) is 0 Å². The highest BCUT2D eigenvalue weighted by Crippen LogP contribution is 2.17. The lowest BCUT2D eigenvalue weighted by molar-refractivity contribution is 0.0502. The van der Waals surface area contributed by atoms with E-state index in [0.29, 0.717) is 0 Å². The molecule has 0 radical (unpaired) electrons. The summed E-state index contributed by atoms with van der Waals surface area (Å²) in [4.78, 5) is 3.91. The molecule has 0 saturated heterocycles. The minimum absolute atomic E-state index is 0.266. The maximum absolute atomic E-state index is 5.19. The molecule has 0 unspecified atom stereocenters. The molecule has 3 nitrogen and oxygen atoms in total. The van der Waals surface area contributed by atoms with Crippen molar-refractivity contribution < 1.29 is 9.47 Å². The molecule has 0 aliphatic carbocycles. The van der Waals surface area contributed by atoms with Crippen LogP contribution in [0.1, 0.15) is 0 Å². The molecule has 0 atom stereocenters. The maximum atomic E-state index is 5.19. The molecular weight excluding hydrogens is 257 g/mol. The first-order chi connectivity index (χ1) is 5.34. The lowest BCUT2D eigenvalue weighted by atomic mass is 10.5. The third-order valence-electron chi connectivity index (χ3n) is 1.07. The van der Waals surface area contributed by atoms with Crippen LogP contribution < -0.4 is 4.74 Å². The van der Waals surface area contributed by atoms with Crippen LogP contribution in [0.25, 0.3) is 0 Å². The summed E-state index contributed by atoms with van der Waals surface area (Å²) in [7, 11) is 1.59. The quantitative estimate of drug-likeness (QED) is 0.615. The monoisotopic (exact) mass is 265 g/mol. The van der Waals surface area contributed by atoms with E-state index >= 15 is 0 Å². The Morgan fingerprint density at radius 2 is 2.45 bits per heavy atom. The van der Waals surface area contributed by atoms with Gasteiger partial charge in [0.25, 0.3) is 0 Å². The third kappa shape index (κ3) is 2.63. The number of hydrogen-bond donors (Lipinski definition) is 0. The van der Waals surface area contributed by atoms with Gasteiger partial charge in [-0.05, 0) is 28.7 Å². The Morgan fingerprint density at radius 1 is 1.64 bits per heavy atom. The van der Waals surface area contributed by atoms with Crippen molar-refractivity contribution >= 4 is 22.6 Å². The van der Waals surface area contributed by atoms with Crippen molar-refractivity contribution in [2.24, 2.45) is 0 Å². The van der Waals surface area contributed by atoms with Gasteiger partial charge in [0.2, 0.25) is 0 Å². The number of ether oxygens (including phenoxy) is 2. The zero-order chi connectivity index (χ0) is 8.10. The highest BCUT2D eigenvalue weighted by molar-refractivity contribution is 14.1. The molecule has 0 spiro atoms. The van der Waals surface area contributed by atoms with Crippen LogP contribution in [0, 0.1) is 3.57 Å². The van der Waals surface area contributed by atoms with E-state index in [1.807, 2.05) is 6.07 Å². The average Bonchev–Trinajstić information content (AvgIpc) is 2.03. The van der Waals surface area contributed by atoms with Gasteiger partial charge < -0.3 is 9.47 Å². The van der Waals surface area contributed by atoms with E-state index in [1.165, 1.54) is 0 Å². The Balaban J connectivity index is 2.62. The Morgan fingerprint density at radius 3 is 3.09 bits per heavy atom. The van der Waals surface area contributed by atoms with Crippen molar-refractivity contribution in [2.75, 3.05) is 13.9 Å². The van der Waals surface area contributed by atoms with Crippen molar-refractivity contribution in [1.29, 1.82) is 0 Å². The standard InChI is InChI=1S/C7H8INO2/c1-10-5-11-7-4-9-3-2-6(7)8/h2-4H,5H2,1H3. The fourth-order valence-corrected chi connectivity index (χ4v) is 1.05. The molecule has 4 heteroatoms. The van der Waals surface area contributed by atoms with E-state index in [0.717, 1.165) is 9.32 Å². The van der Waals surface area contributed by atoms with E-state index in [2.05, 4.69) is 27.6 Å². The van der Waals surface area contributed by atoms with E-state index < -0.39 is 0 Å². The Hall–Kier alpha value is -0.360. The van der Waals surface area contributed by atoms with Crippen molar-refractivity contribution in [3.63, 3.8) is 0 Å². The minimum Gasteiger partial charge on any atom is -0.465 e. The van der Waals surface area contributed by atoms with Gasteiger partial charge in [-0.3, -0.25) is 4.98 Å². The molecule has 0 N–H and O–H groups in total. The number of rotatable bonds is 3. The topological polar surface area (TPSA) is 31.4 Å². The van der Waals surface area contributed by atoms with Crippen LogP contribution in [-0.4, -0.2) is 18.9 Å². The van der Waals surface area contributed by atoms with Crippen LogP contribution in [0.3, 0.4) is 0 Å². The first-order valence-electron chi connectivity index (χ1n) is 3.06. The van der Waals surface area contributed by atoms with E-state index in [4.69, 9.17) is 9.47 Å². The number of pyridine rings is 1. The number of halogens is 1. The molecular formula is C7H8INO2. The Kier molecular flexibility index (Phi) is 3.58. The Labute approximate surface area is 78.9 Å². The summed E-state index contributed by atoms with van der Waals surface area (Å²) < 4.78 is 11.0. The van der Waals surface area contributed by atoms with Crippen LogP contribution in [0.4, 0.5) is 0 Å². The second kappa shape index (κ2) is 4.50. The highest BCUT2D eigenvalue weighted by Gasteiger charge is 1.97. The average molecular weight is 265 g/mol. The van der Waals surface area contributed by atoms with Gasteiger partial charge in [-0.15, -0.1) is 0 Å². The molecule has 1 rings (SSSR count). The van der Waals surface area contributed by atoms with E-state index in [1.54, 1.807) is 19.5 Å². The summed E-state index contributed by atoms with van der Waals surface area (Å²) in [6, 6.07) is 1.88. The fraction of sp³-hybridized carbons (Fsp3) is 0.286. The van der Waals surface area contributed by atoms with E-state index in [-0.39, 0.29) is 6.79 Å². The summed E-state index contributed by atoms with van der Waals surface area (Å²) in [6.45, 7) is 0.266. The SMILES string of the molecule is COCOc1cnccc1I. The second-order valence-electron chi connectivity index (χ2n) is 1.86. The van der Waals surface area contributed by atoms with Crippen LogP contribution >= 0.6 is 22.6 Å². The molecule has 0 saturated carbocycles. The van der Waals surface area contributed by atoms with Crippen molar-refractivity contribution in [3.8, 4) is 5.75 Å². The zero-order valence-corrected chi connectivity index (χ0v) is 8.24. The minimum atomic E-state index is 0.266. The molecule has 60 valence electrons. The predicted molar refractivity (Wildman–Crippen MR) is 49.5 cm³/mol. The van der Waals surface area contributed by atoms with Crippen LogP contribution in [0.15, 0.2) is 18.5 Å². The fourth-order valence-electron chi connectivity index (χ4n) is 0.592. The molecule has 0 aliphatic heterocycles. The first kappa shape index (κ1) is 8.73. The number of nitrogens with zero attached hydrogens (tertiary/aromatic N) is 1. The molecule has 1 aromatic rings. The smallest absolute Gasteiger partial charge is 0.188 e. The van der Waals surface area contributed by atoms with Crippen LogP contribution in [0.5, 0.6) is 5.75 Å². The van der Waals surface area contributed by atoms with Crippen molar-refractivity contribution in [1.82, 2.24) is 4.98 Å². The molecule has 0 aromatic carbocycles. The molecule has 11 heavy (non-hydrogen) atoms. The predicted octanol–water partition coefficient (Wildman–Crippen LogP) is 1.67. The van der Waals surface area contributed by atoms with Gasteiger partial charge >= 0.3 is 0 Å². The summed E-state index contributed by atoms with van der Waals surface area (Å²) >= 11 is 2.18. The lowest BCUT2D eigenvalue weighted by Gasteiger charge is -2.04. The van der Waals surface area contributed by atoms with E-state index in [9.17, 15) is 0 Å². The maximum Gasteiger partial charge on any atom is 0.188 e. The summed E-state index contributed by atoms with van der Waals surface area (Å²) in [6.07, 6.45) is 3.39. The largest absolute Gasteiger partial charge is 0.465 e. The molecule has 0 fully saturated rings. The van der Waals surface area contributed by atoms with Gasteiger partial charge in [-0.1, -0.05) is 0 Å². The summed E-state index contributed by atoms with van der Waals surface area (Å²) in [5.41, 5.74) is 0. The number of hydrogen-bond acceptors (Lipinski definition) is 3. The molecule has 0 amide bonds. The molecule has 0 bridgehead atoms. The lowest BCUT2D eigenvalue weighted by Crippen LogP contribution is -2.00. The number of methoxy groups -OCH3 is 1. The number of aromatic nitrogens is 1. The normalized spacial score (nSPS) is 9.64. The third-order valence-corrected chi connectivity index (χ3v) is 1.96. The summed E-state index contributed by atoms with van der Waals surface area (Å²) in [5.74, 6) is 0.759. The van der Waals surface area contributed by atoms with Gasteiger partial charge in [0.05, 0.1) is 9.77 Å². The summed E-state index contributed by atoms with van der Waals surface area (Å²) in [5, 5.41) is 0. The molecule has 1 aromatic heterocycles. The van der Waals surface area contributed by atoms with Crippen LogP contribution in [-0.2, 0) is 4.74 Å². The first-order valence-corrected chi connectivity index (χ1v) is 4.13. The zero-order valence-electron chi connectivity index (χ0n) is 6.08. The highest BCUT2D eigenvalue weighted by atomic mass is 127. The van der Waals surface area contributed by atoms with Gasteiger partial charge in [-0.2, -0.15) is 0 Å².